The van der Waals surface area contributed by atoms with Crippen LogP contribution in [0.4, 0.5) is 0 Å². The van der Waals surface area contributed by atoms with Gasteiger partial charge in [-0.05, 0) is 41.3 Å². The van der Waals surface area contributed by atoms with Crippen LogP contribution in [0.2, 0.25) is 0 Å². The van der Waals surface area contributed by atoms with Crippen molar-refractivity contribution in [2.24, 2.45) is 5.10 Å². The minimum absolute atomic E-state index is 0.0183. The number of carbonyl (C=O) groups excluding carboxylic acids is 1. The zero-order chi connectivity index (χ0) is 20.9. The van der Waals surface area contributed by atoms with Crippen LogP contribution in [-0.2, 0) is 4.79 Å². The molecule has 1 aliphatic rings. The quantitative estimate of drug-likeness (QED) is 0.474. The van der Waals surface area contributed by atoms with E-state index < -0.39 is 0 Å². The highest BCUT2D eigenvalue weighted by molar-refractivity contribution is 8.00. The van der Waals surface area contributed by atoms with Gasteiger partial charge in [0.25, 0.3) is 5.91 Å². The smallest absolute Gasteiger partial charge is 0.253 e. The third-order valence-electron chi connectivity index (χ3n) is 4.87. The summed E-state index contributed by atoms with van der Waals surface area (Å²) >= 11 is 3.16. The van der Waals surface area contributed by atoms with Gasteiger partial charge in [0.15, 0.2) is 11.5 Å². The number of rotatable bonds is 7. The molecule has 30 heavy (non-hydrogen) atoms. The first kappa shape index (κ1) is 20.5. The molecule has 4 rings (SSSR count). The monoisotopic (exact) mass is 438 g/mol. The normalized spacial score (nSPS) is 15.7. The lowest BCUT2D eigenvalue weighted by Gasteiger charge is -2.23. The summed E-state index contributed by atoms with van der Waals surface area (Å²) in [7, 11) is 3.23. The first-order valence-corrected chi connectivity index (χ1v) is 11.4. The molecule has 0 fully saturated rings. The summed E-state index contributed by atoms with van der Waals surface area (Å²) in [4.78, 5) is 15.3. The molecule has 0 unspecified atom stereocenters. The van der Waals surface area contributed by atoms with E-state index in [-0.39, 0.29) is 11.9 Å². The highest BCUT2D eigenvalue weighted by Gasteiger charge is 2.33. The SMILES string of the molecule is COc1ccc([C@H]2CC(c3cccs3)=NN2C(=O)CSc2ccccc2)cc1OC. The Hall–Kier alpha value is -2.77. The van der Waals surface area contributed by atoms with E-state index in [0.29, 0.717) is 23.7 Å². The molecular formula is C23H22N2O3S2. The molecule has 3 aromatic rings. The van der Waals surface area contributed by atoms with E-state index in [4.69, 9.17) is 14.6 Å². The summed E-state index contributed by atoms with van der Waals surface area (Å²) in [5.74, 6) is 1.62. The van der Waals surface area contributed by atoms with Crippen LogP contribution in [0.3, 0.4) is 0 Å². The Labute approximate surface area is 184 Å². The third-order valence-corrected chi connectivity index (χ3v) is 6.79. The summed E-state index contributed by atoms with van der Waals surface area (Å²) in [6.45, 7) is 0. The minimum atomic E-state index is -0.175. The summed E-state index contributed by atoms with van der Waals surface area (Å²) in [5, 5.41) is 8.38. The van der Waals surface area contributed by atoms with Crippen molar-refractivity contribution in [3.05, 3.63) is 76.5 Å². The zero-order valence-corrected chi connectivity index (χ0v) is 18.4. The fourth-order valence-corrected chi connectivity index (χ4v) is 4.87. The maximum atomic E-state index is 13.1. The summed E-state index contributed by atoms with van der Waals surface area (Å²) < 4.78 is 10.8. The molecule has 5 nitrogen and oxygen atoms in total. The van der Waals surface area contributed by atoms with Crippen molar-refractivity contribution in [2.75, 3.05) is 20.0 Å². The van der Waals surface area contributed by atoms with Crippen LogP contribution in [-0.4, -0.2) is 36.6 Å². The predicted molar refractivity (Wildman–Crippen MR) is 122 cm³/mol. The van der Waals surface area contributed by atoms with Crippen LogP contribution in [0.25, 0.3) is 0 Å². The van der Waals surface area contributed by atoms with Crippen molar-refractivity contribution in [3.63, 3.8) is 0 Å². The van der Waals surface area contributed by atoms with Crippen LogP contribution in [0.5, 0.6) is 11.5 Å². The van der Waals surface area contributed by atoms with Crippen LogP contribution in [0, 0.1) is 0 Å². The lowest BCUT2D eigenvalue weighted by Crippen LogP contribution is -2.28. The third kappa shape index (κ3) is 4.37. The van der Waals surface area contributed by atoms with Gasteiger partial charge >= 0.3 is 0 Å². The fraction of sp³-hybridized carbons (Fsp3) is 0.217. The van der Waals surface area contributed by atoms with Crippen molar-refractivity contribution in [2.45, 2.75) is 17.4 Å². The van der Waals surface area contributed by atoms with Gasteiger partial charge in [0.05, 0.1) is 36.6 Å². The maximum absolute atomic E-state index is 13.1. The number of carbonyl (C=O) groups is 1. The second-order valence-corrected chi connectivity index (χ2v) is 8.69. The lowest BCUT2D eigenvalue weighted by atomic mass is 10.0. The minimum Gasteiger partial charge on any atom is -0.493 e. The van der Waals surface area contributed by atoms with Gasteiger partial charge in [-0.3, -0.25) is 4.79 Å². The molecule has 1 atom stereocenters. The molecule has 154 valence electrons. The van der Waals surface area contributed by atoms with Crippen LogP contribution < -0.4 is 9.47 Å². The number of hydrogen-bond acceptors (Lipinski definition) is 6. The van der Waals surface area contributed by atoms with Gasteiger partial charge in [-0.1, -0.05) is 30.3 Å². The van der Waals surface area contributed by atoms with Crippen molar-refractivity contribution in [3.8, 4) is 11.5 Å². The van der Waals surface area contributed by atoms with Crippen molar-refractivity contribution < 1.29 is 14.3 Å². The number of hydrazone groups is 1. The van der Waals surface area contributed by atoms with E-state index in [2.05, 4.69) is 0 Å². The van der Waals surface area contributed by atoms with Gasteiger partial charge in [0.1, 0.15) is 0 Å². The van der Waals surface area contributed by atoms with E-state index >= 15 is 0 Å². The van der Waals surface area contributed by atoms with Gasteiger partial charge in [-0.25, -0.2) is 5.01 Å². The number of ether oxygens (including phenoxy) is 2. The Morgan fingerprint density at radius 1 is 1.10 bits per heavy atom. The van der Waals surface area contributed by atoms with E-state index in [0.717, 1.165) is 21.0 Å². The second-order valence-electron chi connectivity index (χ2n) is 6.70. The molecule has 1 aromatic heterocycles. The molecule has 0 saturated carbocycles. The van der Waals surface area contributed by atoms with Gasteiger partial charge < -0.3 is 9.47 Å². The number of benzene rings is 2. The highest BCUT2D eigenvalue weighted by Crippen LogP contribution is 2.38. The van der Waals surface area contributed by atoms with E-state index in [1.807, 2.05) is 66.0 Å². The molecule has 2 heterocycles. The average molecular weight is 439 g/mol. The first-order valence-electron chi connectivity index (χ1n) is 9.52. The molecule has 2 aromatic carbocycles. The highest BCUT2D eigenvalue weighted by atomic mass is 32.2. The fourth-order valence-electron chi connectivity index (χ4n) is 3.38. The van der Waals surface area contributed by atoms with Gasteiger partial charge in [0, 0.05) is 11.3 Å². The number of nitrogens with zero attached hydrogens (tertiary/aromatic N) is 2. The Balaban J connectivity index is 1.60. The Bertz CT molecular complexity index is 1040. The van der Waals surface area contributed by atoms with Crippen LogP contribution in [0.1, 0.15) is 22.9 Å². The number of amides is 1. The maximum Gasteiger partial charge on any atom is 0.253 e. The second kappa shape index (κ2) is 9.36. The first-order chi connectivity index (χ1) is 14.7. The molecule has 0 spiro atoms. The molecule has 1 aliphatic heterocycles. The Morgan fingerprint density at radius 3 is 2.60 bits per heavy atom. The van der Waals surface area contributed by atoms with Crippen molar-refractivity contribution in [1.29, 1.82) is 0 Å². The van der Waals surface area contributed by atoms with Crippen LogP contribution in [0.15, 0.2) is 76.0 Å². The molecule has 0 aliphatic carbocycles. The molecule has 0 radical (unpaired) electrons. The standard InChI is InChI=1S/C23H22N2O3S2/c1-27-20-11-10-16(13-21(20)28-2)19-14-18(22-9-6-12-29-22)24-25(19)23(26)15-30-17-7-4-3-5-8-17/h3-13,19H,14-15H2,1-2H3/t19-/m1/s1. The van der Waals surface area contributed by atoms with Crippen LogP contribution >= 0.6 is 23.1 Å². The molecule has 0 bridgehead atoms. The number of hydrogen-bond donors (Lipinski definition) is 0. The molecule has 7 heteroatoms. The predicted octanol–water partition coefficient (Wildman–Crippen LogP) is 5.24. The molecule has 1 amide bonds. The largest absolute Gasteiger partial charge is 0.493 e. The van der Waals surface area contributed by atoms with Gasteiger partial charge in [-0.2, -0.15) is 5.10 Å². The number of thiophene rings is 1. The average Bonchev–Trinajstić information content (AvgIpc) is 3.48. The van der Waals surface area contributed by atoms with Crippen molar-refractivity contribution in [1.82, 2.24) is 5.01 Å². The van der Waals surface area contributed by atoms with Crippen molar-refractivity contribution >= 4 is 34.7 Å². The van der Waals surface area contributed by atoms with E-state index in [1.165, 1.54) is 11.8 Å². The zero-order valence-electron chi connectivity index (χ0n) is 16.8. The lowest BCUT2D eigenvalue weighted by molar-refractivity contribution is -0.130. The summed E-state index contributed by atoms with van der Waals surface area (Å²) in [6, 6.07) is 19.6. The topological polar surface area (TPSA) is 51.1 Å². The number of thioether (sulfide) groups is 1. The molecule has 0 N–H and O–H groups in total. The Kier molecular flexibility index (Phi) is 6.40. The van der Waals surface area contributed by atoms with E-state index in [9.17, 15) is 4.79 Å². The molecule has 0 saturated heterocycles. The van der Waals surface area contributed by atoms with Gasteiger partial charge in [-0.15, -0.1) is 23.1 Å². The van der Waals surface area contributed by atoms with E-state index in [1.54, 1.807) is 30.6 Å². The molecular weight excluding hydrogens is 416 g/mol. The summed E-state index contributed by atoms with van der Waals surface area (Å²) in [5.41, 5.74) is 1.91. The summed E-state index contributed by atoms with van der Waals surface area (Å²) in [6.07, 6.45) is 0.664. The Morgan fingerprint density at radius 2 is 1.90 bits per heavy atom. The van der Waals surface area contributed by atoms with Gasteiger partial charge in [0.2, 0.25) is 0 Å². The number of methoxy groups -OCH3 is 2.